The fourth-order valence-electron chi connectivity index (χ4n) is 3.97. The first-order valence-corrected chi connectivity index (χ1v) is 12.6. The molecule has 0 amide bonds. The summed E-state index contributed by atoms with van der Waals surface area (Å²) in [7, 11) is 0. The van der Waals surface area contributed by atoms with Gasteiger partial charge in [-0.2, -0.15) is 0 Å². The summed E-state index contributed by atoms with van der Waals surface area (Å²) in [6.45, 7) is 2.71. The Morgan fingerprint density at radius 2 is 1.37 bits per heavy atom. The van der Waals surface area contributed by atoms with Gasteiger partial charge in [-0.25, -0.2) is 0 Å². The molecule has 0 aliphatic carbocycles. The van der Waals surface area contributed by atoms with Gasteiger partial charge < -0.3 is 24.8 Å². The van der Waals surface area contributed by atoms with Crippen LogP contribution in [0.3, 0.4) is 0 Å². The second-order valence-electron chi connectivity index (χ2n) is 8.74. The van der Waals surface area contributed by atoms with Crippen molar-refractivity contribution in [2.75, 3.05) is 19.8 Å². The molecule has 1 aliphatic heterocycles. The third-order valence-corrected chi connectivity index (χ3v) is 5.97. The summed E-state index contributed by atoms with van der Waals surface area (Å²) in [5, 5.41) is 28.8. The van der Waals surface area contributed by atoms with E-state index in [1.54, 1.807) is 0 Å². The summed E-state index contributed by atoms with van der Waals surface area (Å²) >= 11 is 0. The molecule has 1 heterocycles. The quantitative estimate of drug-likeness (QED) is 0.190. The lowest BCUT2D eigenvalue weighted by Crippen LogP contribution is -2.42. The Morgan fingerprint density at radius 3 is 1.87 bits per heavy atom. The maximum absolute atomic E-state index is 9.84. The van der Waals surface area contributed by atoms with Crippen LogP contribution in [-0.4, -0.2) is 59.6 Å². The fraction of sp³-hybridized carbons (Fsp3) is 0.920. The number of unbranched alkanes of at least 4 members (excludes halogenated alkanes) is 13. The Morgan fingerprint density at radius 1 is 0.833 bits per heavy atom. The Hall–Kier alpha value is -0.460. The Kier molecular flexibility index (Phi) is 17.7. The van der Waals surface area contributed by atoms with Crippen molar-refractivity contribution in [1.29, 1.82) is 0 Å². The zero-order chi connectivity index (χ0) is 21.9. The van der Waals surface area contributed by atoms with Crippen molar-refractivity contribution in [1.82, 2.24) is 0 Å². The van der Waals surface area contributed by atoms with Gasteiger partial charge in [0.1, 0.15) is 24.4 Å². The van der Waals surface area contributed by atoms with Gasteiger partial charge in [-0.3, -0.25) is 0 Å². The van der Waals surface area contributed by atoms with Gasteiger partial charge in [0.05, 0.1) is 13.2 Å². The number of hydrogen-bond donors (Lipinski definition) is 3. The van der Waals surface area contributed by atoms with E-state index in [1.807, 2.05) is 0 Å². The molecule has 0 saturated carbocycles. The average Bonchev–Trinajstić information content (AvgIpc) is 3.08. The summed E-state index contributed by atoms with van der Waals surface area (Å²) < 4.78 is 11.0. The van der Waals surface area contributed by atoms with Crippen LogP contribution in [0.25, 0.3) is 0 Å². The van der Waals surface area contributed by atoms with Crippen LogP contribution in [0.4, 0.5) is 0 Å². The predicted molar refractivity (Wildman–Crippen MR) is 123 cm³/mol. The molecule has 1 fully saturated rings. The highest BCUT2D eigenvalue weighted by molar-refractivity contribution is 4.88. The molecule has 0 aromatic rings. The van der Waals surface area contributed by atoms with Crippen LogP contribution in [0.5, 0.6) is 0 Å². The first-order valence-electron chi connectivity index (χ1n) is 12.6. The molecule has 0 unspecified atom stereocenters. The lowest BCUT2D eigenvalue weighted by Gasteiger charge is -2.24. The standard InChI is InChI=1S/C25H48O5/c1-2-3-4-5-6-7-8-9-10-11-12-13-14-15-16-17-18-19-29-23(20-26)25-24(28)22(27)21-30-25/h8-9,22-28H,2-7,10-21H2,1H3/b9-8+/t22-,23+,24-,25-/m0/s1. The Balaban J connectivity index is 1.83. The monoisotopic (exact) mass is 428 g/mol. The lowest BCUT2D eigenvalue weighted by atomic mass is 10.1. The van der Waals surface area contributed by atoms with E-state index in [9.17, 15) is 15.3 Å². The first-order chi connectivity index (χ1) is 14.7. The maximum Gasteiger partial charge on any atom is 0.114 e. The molecule has 5 nitrogen and oxygen atoms in total. The van der Waals surface area contributed by atoms with Crippen molar-refractivity contribution < 1.29 is 24.8 Å². The second-order valence-corrected chi connectivity index (χ2v) is 8.74. The first kappa shape index (κ1) is 27.6. The predicted octanol–water partition coefficient (Wildman–Crippen LogP) is 4.91. The summed E-state index contributed by atoms with van der Waals surface area (Å²) in [6, 6.07) is 0. The van der Waals surface area contributed by atoms with Gasteiger partial charge in [0.25, 0.3) is 0 Å². The maximum atomic E-state index is 9.84. The van der Waals surface area contributed by atoms with Crippen molar-refractivity contribution in [3.05, 3.63) is 12.2 Å². The minimum atomic E-state index is -0.979. The third-order valence-electron chi connectivity index (χ3n) is 5.97. The van der Waals surface area contributed by atoms with Crippen LogP contribution in [0.2, 0.25) is 0 Å². The Labute approximate surface area is 184 Å². The van der Waals surface area contributed by atoms with E-state index in [0.29, 0.717) is 6.61 Å². The number of rotatable bonds is 20. The van der Waals surface area contributed by atoms with Crippen LogP contribution < -0.4 is 0 Å². The van der Waals surface area contributed by atoms with E-state index < -0.39 is 24.4 Å². The topological polar surface area (TPSA) is 79.2 Å². The van der Waals surface area contributed by atoms with Crippen molar-refractivity contribution >= 4 is 0 Å². The fourth-order valence-corrected chi connectivity index (χ4v) is 3.97. The number of ether oxygens (including phenoxy) is 2. The molecule has 3 N–H and O–H groups in total. The van der Waals surface area contributed by atoms with E-state index in [1.165, 1.54) is 83.5 Å². The summed E-state index contributed by atoms with van der Waals surface area (Å²) in [5.41, 5.74) is 0. The smallest absolute Gasteiger partial charge is 0.114 e. The SMILES string of the molecule is CCCCCCC/C=C/CCCCCCCCCCO[C@H](CO)[C@@H]1OC[C@H](O)[C@@H]1O. The van der Waals surface area contributed by atoms with Gasteiger partial charge in [0.15, 0.2) is 0 Å². The molecule has 0 bridgehead atoms. The molecule has 0 aromatic carbocycles. The zero-order valence-electron chi connectivity index (χ0n) is 19.4. The van der Waals surface area contributed by atoms with Crippen LogP contribution in [0.1, 0.15) is 103 Å². The van der Waals surface area contributed by atoms with E-state index in [-0.39, 0.29) is 13.2 Å². The van der Waals surface area contributed by atoms with Crippen molar-refractivity contribution in [3.8, 4) is 0 Å². The lowest BCUT2D eigenvalue weighted by molar-refractivity contribution is -0.101. The Bertz CT molecular complexity index is 401. The molecule has 30 heavy (non-hydrogen) atoms. The average molecular weight is 429 g/mol. The van der Waals surface area contributed by atoms with Crippen molar-refractivity contribution in [3.63, 3.8) is 0 Å². The highest BCUT2D eigenvalue weighted by Crippen LogP contribution is 2.20. The van der Waals surface area contributed by atoms with E-state index >= 15 is 0 Å². The molecule has 1 saturated heterocycles. The zero-order valence-corrected chi connectivity index (χ0v) is 19.4. The van der Waals surface area contributed by atoms with Gasteiger partial charge in [0, 0.05) is 6.61 Å². The van der Waals surface area contributed by atoms with Crippen molar-refractivity contribution in [2.24, 2.45) is 0 Å². The highest BCUT2D eigenvalue weighted by Gasteiger charge is 2.40. The highest BCUT2D eigenvalue weighted by atomic mass is 16.6. The molecule has 1 aliphatic rings. The minimum Gasteiger partial charge on any atom is -0.394 e. The van der Waals surface area contributed by atoms with E-state index in [2.05, 4.69) is 19.1 Å². The second kappa shape index (κ2) is 19.2. The van der Waals surface area contributed by atoms with Crippen LogP contribution >= 0.6 is 0 Å². The van der Waals surface area contributed by atoms with Gasteiger partial charge in [-0.1, -0.05) is 83.3 Å². The van der Waals surface area contributed by atoms with Crippen LogP contribution in [0.15, 0.2) is 12.2 Å². The largest absolute Gasteiger partial charge is 0.394 e. The summed E-state index contributed by atoms with van der Waals surface area (Å²) in [6.07, 6.45) is 20.8. The minimum absolute atomic E-state index is 0.0983. The van der Waals surface area contributed by atoms with E-state index in [0.717, 1.165) is 12.8 Å². The number of hydrogen-bond acceptors (Lipinski definition) is 5. The molecular formula is C25H48O5. The normalized spacial score (nSPS) is 22.9. The molecule has 178 valence electrons. The van der Waals surface area contributed by atoms with Gasteiger partial charge in [0.2, 0.25) is 0 Å². The molecule has 5 heteroatoms. The molecule has 1 rings (SSSR count). The van der Waals surface area contributed by atoms with Crippen LogP contribution in [-0.2, 0) is 9.47 Å². The van der Waals surface area contributed by atoms with Crippen molar-refractivity contribution in [2.45, 2.75) is 128 Å². The third kappa shape index (κ3) is 13.1. The van der Waals surface area contributed by atoms with E-state index in [4.69, 9.17) is 9.47 Å². The molecule has 0 spiro atoms. The molecule has 4 atom stereocenters. The molecule has 0 aromatic heterocycles. The number of aliphatic hydroxyl groups excluding tert-OH is 3. The van der Waals surface area contributed by atoms with Gasteiger partial charge >= 0.3 is 0 Å². The van der Waals surface area contributed by atoms with Crippen LogP contribution in [0, 0.1) is 0 Å². The summed E-state index contributed by atoms with van der Waals surface area (Å²) in [5.74, 6) is 0. The number of allylic oxidation sites excluding steroid dienone is 2. The molecular weight excluding hydrogens is 380 g/mol. The molecule has 0 radical (unpaired) electrons. The summed E-state index contributed by atoms with van der Waals surface area (Å²) in [4.78, 5) is 0. The van der Waals surface area contributed by atoms with Gasteiger partial charge in [-0.05, 0) is 32.1 Å². The number of aliphatic hydroxyl groups is 3. The van der Waals surface area contributed by atoms with Gasteiger partial charge in [-0.15, -0.1) is 0 Å².